The summed E-state index contributed by atoms with van der Waals surface area (Å²) in [6.07, 6.45) is 69.9. The summed E-state index contributed by atoms with van der Waals surface area (Å²) < 4.78 is 11.3. The molecule has 0 bridgehead atoms. The number of carbonyl (C=O) groups is 1. The maximum absolute atomic E-state index is 13.1. The Balaban J connectivity index is 2.21. The van der Waals surface area contributed by atoms with Crippen molar-refractivity contribution in [2.24, 2.45) is 0 Å². The average molecular weight is 1050 g/mol. The number of amides is 1. The minimum Gasteiger partial charge on any atom is -0.394 e. The molecule has 6 N–H and O–H groups in total. The van der Waals surface area contributed by atoms with Crippen LogP contribution in [0.3, 0.4) is 0 Å². The molecule has 7 unspecified atom stereocenters. The second-order valence-electron chi connectivity index (χ2n) is 21.8. The van der Waals surface area contributed by atoms with E-state index in [1.165, 1.54) is 186 Å². The molecule has 0 aromatic rings. The van der Waals surface area contributed by atoms with Crippen LogP contribution in [-0.4, -0.2) is 87.5 Å². The van der Waals surface area contributed by atoms with Gasteiger partial charge in [-0.25, -0.2) is 0 Å². The molecular formula is C66H119NO8. The first kappa shape index (κ1) is 70.6. The third-order valence-corrected chi connectivity index (χ3v) is 14.8. The Hall–Kier alpha value is -2.37. The molecule has 1 amide bonds. The number of unbranched alkanes of at least 4 members (excludes halogenated alkanes) is 34. The van der Waals surface area contributed by atoms with Gasteiger partial charge in [0.05, 0.1) is 25.4 Å². The van der Waals surface area contributed by atoms with E-state index in [1.54, 1.807) is 6.08 Å². The summed E-state index contributed by atoms with van der Waals surface area (Å²) in [6, 6.07) is -0.829. The van der Waals surface area contributed by atoms with Crippen LogP contribution in [0.15, 0.2) is 72.9 Å². The van der Waals surface area contributed by atoms with Crippen LogP contribution < -0.4 is 5.32 Å². The summed E-state index contributed by atoms with van der Waals surface area (Å²) in [5.74, 6) is -0.191. The van der Waals surface area contributed by atoms with E-state index in [0.29, 0.717) is 6.42 Å². The molecule has 1 rings (SSSR count). The van der Waals surface area contributed by atoms with E-state index in [0.717, 1.165) is 77.0 Å². The van der Waals surface area contributed by atoms with Crippen molar-refractivity contribution in [1.29, 1.82) is 0 Å². The highest BCUT2D eigenvalue weighted by atomic mass is 16.7. The molecule has 0 aromatic carbocycles. The average Bonchev–Trinajstić information content (AvgIpc) is 3.41. The van der Waals surface area contributed by atoms with Gasteiger partial charge in [0.15, 0.2) is 6.29 Å². The van der Waals surface area contributed by atoms with Crippen molar-refractivity contribution in [3.8, 4) is 0 Å². The highest BCUT2D eigenvalue weighted by Gasteiger charge is 2.44. The number of rotatable bonds is 54. The second kappa shape index (κ2) is 55.0. The molecule has 1 fully saturated rings. The lowest BCUT2D eigenvalue weighted by atomic mass is 9.99. The first-order valence-corrected chi connectivity index (χ1v) is 31.7. The zero-order chi connectivity index (χ0) is 54.3. The molecular weight excluding hydrogens is 935 g/mol. The Bertz CT molecular complexity index is 1410. The van der Waals surface area contributed by atoms with Gasteiger partial charge in [0.2, 0.25) is 5.91 Å². The molecule has 436 valence electrons. The number of hydrogen-bond acceptors (Lipinski definition) is 8. The smallest absolute Gasteiger partial charge is 0.220 e. The van der Waals surface area contributed by atoms with Gasteiger partial charge in [-0.3, -0.25) is 4.79 Å². The fourth-order valence-corrected chi connectivity index (χ4v) is 9.81. The van der Waals surface area contributed by atoms with E-state index in [9.17, 15) is 30.3 Å². The molecule has 0 aromatic heterocycles. The number of ether oxygens (including phenoxy) is 2. The van der Waals surface area contributed by atoms with Gasteiger partial charge in [-0.1, -0.05) is 279 Å². The third kappa shape index (κ3) is 44.2. The van der Waals surface area contributed by atoms with Gasteiger partial charge in [0.1, 0.15) is 24.4 Å². The zero-order valence-corrected chi connectivity index (χ0v) is 48.5. The predicted molar refractivity (Wildman–Crippen MR) is 318 cm³/mol. The zero-order valence-electron chi connectivity index (χ0n) is 48.5. The van der Waals surface area contributed by atoms with Crippen molar-refractivity contribution >= 4 is 5.91 Å². The van der Waals surface area contributed by atoms with E-state index in [2.05, 4.69) is 79.9 Å². The quantitative estimate of drug-likeness (QED) is 0.0261. The largest absolute Gasteiger partial charge is 0.394 e. The fourth-order valence-electron chi connectivity index (χ4n) is 9.81. The van der Waals surface area contributed by atoms with Crippen LogP contribution in [0.4, 0.5) is 0 Å². The minimum atomic E-state index is -1.58. The van der Waals surface area contributed by atoms with Gasteiger partial charge in [-0.15, -0.1) is 0 Å². The highest BCUT2D eigenvalue weighted by molar-refractivity contribution is 5.76. The summed E-state index contributed by atoms with van der Waals surface area (Å²) in [4.78, 5) is 13.1. The maximum Gasteiger partial charge on any atom is 0.220 e. The summed E-state index contributed by atoms with van der Waals surface area (Å²) >= 11 is 0. The normalized spacial score (nSPS) is 19.4. The van der Waals surface area contributed by atoms with E-state index >= 15 is 0 Å². The molecule has 1 heterocycles. The van der Waals surface area contributed by atoms with Crippen LogP contribution in [0.5, 0.6) is 0 Å². The second-order valence-corrected chi connectivity index (χ2v) is 21.8. The fraction of sp³-hybridized carbons (Fsp3) is 0.803. The summed E-state index contributed by atoms with van der Waals surface area (Å²) in [7, 11) is 0. The van der Waals surface area contributed by atoms with Crippen molar-refractivity contribution in [3.63, 3.8) is 0 Å². The van der Waals surface area contributed by atoms with Crippen LogP contribution in [0, 0.1) is 0 Å². The minimum absolute atomic E-state index is 0.191. The maximum atomic E-state index is 13.1. The van der Waals surface area contributed by atoms with Crippen LogP contribution in [-0.2, 0) is 14.3 Å². The van der Waals surface area contributed by atoms with Crippen molar-refractivity contribution in [3.05, 3.63) is 72.9 Å². The van der Waals surface area contributed by atoms with Crippen molar-refractivity contribution in [2.75, 3.05) is 13.2 Å². The number of nitrogens with one attached hydrogen (secondary N) is 1. The van der Waals surface area contributed by atoms with Crippen LogP contribution in [0.2, 0.25) is 0 Å². The Morgan fingerprint density at radius 1 is 0.467 bits per heavy atom. The Morgan fingerprint density at radius 3 is 1.28 bits per heavy atom. The SMILES string of the molecule is CC/C=C\C/C=C\C/C=C\C/C=C\CCCCCCCCCCCCC(=O)NC(COC1OC(CO)C(O)C(O)C1O)C(O)/C=C/CC/C=C/CCCCCCCCCCCCCCCCCCCCCCCCC. The van der Waals surface area contributed by atoms with Crippen LogP contribution in [0.25, 0.3) is 0 Å². The number of carbonyl (C=O) groups excluding carboxylic acids is 1. The van der Waals surface area contributed by atoms with Gasteiger partial charge in [0.25, 0.3) is 0 Å². The molecule has 1 saturated heterocycles. The van der Waals surface area contributed by atoms with Crippen LogP contribution in [0.1, 0.15) is 284 Å². The monoisotopic (exact) mass is 1050 g/mol. The molecule has 9 nitrogen and oxygen atoms in total. The number of hydrogen-bond donors (Lipinski definition) is 6. The third-order valence-electron chi connectivity index (χ3n) is 14.8. The lowest BCUT2D eigenvalue weighted by Gasteiger charge is -2.40. The molecule has 0 saturated carbocycles. The molecule has 1 aliphatic rings. The van der Waals surface area contributed by atoms with Gasteiger partial charge >= 0.3 is 0 Å². The van der Waals surface area contributed by atoms with E-state index in [1.807, 2.05) is 6.08 Å². The van der Waals surface area contributed by atoms with E-state index < -0.39 is 49.5 Å². The lowest BCUT2D eigenvalue weighted by Crippen LogP contribution is -2.60. The number of aliphatic hydroxyl groups is 5. The van der Waals surface area contributed by atoms with Gasteiger partial charge in [0, 0.05) is 6.42 Å². The Labute approximate surface area is 461 Å². The lowest BCUT2D eigenvalue weighted by molar-refractivity contribution is -0.302. The molecule has 75 heavy (non-hydrogen) atoms. The highest BCUT2D eigenvalue weighted by Crippen LogP contribution is 2.23. The number of aliphatic hydroxyl groups excluding tert-OH is 5. The van der Waals surface area contributed by atoms with Crippen molar-refractivity contribution in [2.45, 2.75) is 326 Å². The van der Waals surface area contributed by atoms with Gasteiger partial charge < -0.3 is 40.3 Å². The molecule has 0 spiro atoms. The first-order chi connectivity index (χ1) is 36.8. The molecule has 1 aliphatic heterocycles. The molecule has 9 heteroatoms. The standard InChI is InChI=1S/C66H119NO8/c1-3-5-7-9-11-13-15-17-19-21-23-25-27-28-29-30-31-32-34-35-37-39-41-43-45-47-49-51-53-55-60(69)59(58-74-66-65(73)64(72)63(71)61(57-68)75-66)67-62(70)56-54-52-50-48-46-44-42-40-38-36-33-26-24-22-20-18-16-14-12-10-8-6-4-2/h6,8,12,14,18,20,24,26,45,47,53,55,59-61,63-66,68-69,71-73H,3-5,7,9-11,13,15-17,19,21-23,25,27-44,46,48-52,54,56-58H2,1-2H3,(H,67,70)/b8-6-,14-12-,20-18-,26-24-,47-45+,55-53+. The first-order valence-electron chi connectivity index (χ1n) is 31.7. The van der Waals surface area contributed by atoms with E-state index in [4.69, 9.17) is 9.47 Å². The number of allylic oxidation sites excluding steroid dienone is 11. The molecule has 0 radical (unpaired) electrons. The van der Waals surface area contributed by atoms with Gasteiger partial charge in [-0.2, -0.15) is 0 Å². The van der Waals surface area contributed by atoms with Gasteiger partial charge in [-0.05, 0) is 70.6 Å². The summed E-state index contributed by atoms with van der Waals surface area (Å²) in [5.41, 5.74) is 0. The topological polar surface area (TPSA) is 149 Å². The van der Waals surface area contributed by atoms with Crippen molar-refractivity contribution in [1.82, 2.24) is 5.32 Å². The van der Waals surface area contributed by atoms with Crippen molar-refractivity contribution < 1.29 is 39.8 Å². The summed E-state index contributed by atoms with van der Waals surface area (Å²) in [5, 5.41) is 54.6. The van der Waals surface area contributed by atoms with Crippen LogP contribution >= 0.6 is 0 Å². The predicted octanol–water partition coefficient (Wildman–Crippen LogP) is 16.4. The molecule has 7 atom stereocenters. The van der Waals surface area contributed by atoms with E-state index in [-0.39, 0.29) is 12.5 Å². The Kier molecular flexibility index (Phi) is 51.8. The molecule has 0 aliphatic carbocycles. The Morgan fingerprint density at radius 2 is 0.840 bits per heavy atom. The summed E-state index contributed by atoms with van der Waals surface area (Å²) in [6.45, 7) is 3.68.